The minimum atomic E-state index is -1.92. The molecule has 98 valence electrons. The van der Waals surface area contributed by atoms with E-state index in [2.05, 4.69) is 10.3 Å². The number of nitrogens with one attached hydrogen (secondary N) is 1. The number of anilines is 1. The maximum Gasteiger partial charge on any atom is 0.265 e. The number of hydrogen-bond acceptors (Lipinski definition) is 5. The van der Waals surface area contributed by atoms with Crippen molar-refractivity contribution in [2.24, 2.45) is 10.7 Å². The number of aryl methyl sites for hydroxylation is 1. The molecule has 2 atom stereocenters. The van der Waals surface area contributed by atoms with Gasteiger partial charge in [-0.15, -0.1) is 0 Å². The molecule has 0 radical (unpaired) electrons. The first-order chi connectivity index (χ1) is 8.92. The number of benzene rings is 1. The van der Waals surface area contributed by atoms with Crippen LogP contribution >= 0.6 is 11.8 Å². The molecular weight excluding hydrogens is 266 g/mol. The second-order valence-corrected chi connectivity index (χ2v) is 5.68. The molecule has 0 aromatic heterocycles. The molecule has 1 aromatic carbocycles. The fourth-order valence-corrected chi connectivity index (χ4v) is 3.25. The Morgan fingerprint density at radius 2 is 2.21 bits per heavy atom. The number of nitrogens with two attached hydrogens (primary N) is 1. The Labute approximate surface area is 113 Å². The number of fused-ring (bicyclic) bond motifs is 1. The predicted octanol–water partition coefficient (Wildman–Crippen LogP) is 0.0914. The van der Waals surface area contributed by atoms with Gasteiger partial charge in [-0.05, 0) is 13.0 Å². The highest BCUT2D eigenvalue weighted by Crippen LogP contribution is 2.44. The topological polar surface area (TPSA) is 105 Å². The van der Waals surface area contributed by atoms with Crippen molar-refractivity contribution in [2.45, 2.75) is 17.8 Å². The Morgan fingerprint density at radius 1 is 1.47 bits per heavy atom. The van der Waals surface area contributed by atoms with Crippen LogP contribution in [0.3, 0.4) is 0 Å². The van der Waals surface area contributed by atoms with Gasteiger partial charge in [0.05, 0.1) is 0 Å². The van der Waals surface area contributed by atoms with Crippen LogP contribution < -0.4 is 11.1 Å². The van der Waals surface area contributed by atoms with E-state index >= 15 is 0 Å². The Kier molecular flexibility index (Phi) is 2.45. The van der Waals surface area contributed by atoms with E-state index in [9.17, 15) is 14.7 Å². The van der Waals surface area contributed by atoms with Gasteiger partial charge in [0, 0.05) is 11.3 Å². The van der Waals surface area contributed by atoms with E-state index < -0.39 is 22.7 Å². The average Bonchev–Trinajstić information content (AvgIpc) is 2.80. The van der Waals surface area contributed by atoms with Crippen LogP contribution in [0, 0.1) is 6.92 Å². The van der Waals surface area contributed by atoms with Crippen LogP contribution in [-0.2, 0) is 15.2 Å². The minimum absolute atomic E-state index is 0.0670. The molecule has 2 aliphatic heterocycles. The molecule has 4 N–H and O–H groups in total. The number of amides is 2. The van der Waals surface area contributed by atoms with Crippen molar-refractivity contribution in [3.63, 3.8) is 0 Å². The number of amidine groups is 1. The van der Waals surface area contributed by atoms with Crippen LogP contribution in [0.1, 0.15) is 11.1 Å². The van der Waals surface area contributed by atoms with Gasteiger partial charge in [0.25, 0.3) is 11.8 Å². The Morgan fingerprint density at radius 3 is 2.84 bits per heavy atom. The van der Waals surface area contributed by atoms with E-state index in [1.807, 2.05) is 13.0 Å². The summed E-state index contributed by atoms with van der Waals surface area (Å²) in [6.07, 6.45) is 0. The second-order valence-electron chi connectivity index (χ2n) is 4.56. The molecule has 6 nitrogen and oxygen atoms in total. The zero-order valence-corrected chi connectivity index (χ0v) is 10.8. The van der Waals surface area contributed by atoms with E-state index in [-0.39, 0.29) is 5.17 Å². The van der Waals surface area contributed by atoms with Crippen LogP contribution in [0.5, 0.6) is 0 Å². The maximum absolute atomic E-state index is 12.1. The standard InChI is InChI=1S/C12H11N3O3S/c1-5-2-3-7-6(4-5)12(18,10(17)14-7)8-9(16)15-11(13)19-8/h2-4,8,18H,1H3,(H,14,17)(H2,13,15,16)/t8-,12-/m1/s1. The highest BCUT2D eigenvalue weighted by atomic mass is 32.2. The summed E-state index contributed by atoms with van der Waals surface area (Å²) in [6, 6.07) is 5.21. The quantitative estimate of drug-likeness (QED) is 0.675. The molecular formula is C12H11N3O3S. The number of carbonyl (C=O) groups is 2. The number of carbonyl (C=O) groups excluding carboxylic acids is 2. The Bertz CT molecular complexity index is 643. The molecule has 0 saturated heterocycles. The zero-order chi connectivity index (χ0) is 13.8. The van der Waals surface area contributed by atoms with E-state index in [0.717, 1.165) is 17.3 Å². The first-order valence-electron chi connectivity index (χ1n) is 5.62. The van der Waals surface area contributed by atoms with Gasteiger partial charge in [-0.25, -0.2) is 0 Å². The molecule has 1 aromatic rings. The van der Waals surface area contributed by atoms with Gasteiger partial charge in [0.15, 0.2) is 10.8 Å². The van der Waals surface area contributed by atoms with Crippen LogP contribution in [0.2, 0.25) is 0 Å². The van der Waals surface area contributed by atoms with E-state index in [1.54, 1.807) is 12.1 Å². The zero-order valence-electron chi connectivity index (χ0n) is 10.0. The summed E-state index contributed by atoms with van der Waals surface area (Å²) in [4.78, 5) is 27.4. The molecule has 0 bridgehead atoms. The Balaban J connectivity index is 2.13. The van der Waals surface area contributed by atoms with Crippen LogP contribution in [0.25, 0.3) is 0 Å². The van der Waals surface area contributed by atoms with Crippen molar-refractivity contribution in [1.82, 2.24) is 0 Å². The van der Waals surface area contributed by atoms with Gasteiger partial charge in [-0.1, -0.05) is 29.5 Å². The summed E-state index contributed by atoms with van der Waals surface area (Å²) >= 11 is 0.910. The number of aliphatic imine (C=N–C) groups is 1. The number of rotatable bonds is 1. The van der Waals surface area contributed by atoms with Gasteiger partial charge in [0.2, 0.25) is 0 Å². The van der Waals surface area contributed by atoms with E-state index in [0.29, 0.717) is 11.3 Å². The molecule has 0 saturated carbocycles. The smallest absolute Gasteiger partial charge is 0.265 e. The number of aliphatic hydroxyl groups is 1. The molecule has 3 rings (SSSR count). The minimum Gasteiger partial charge on any atom is -0.378 e. The number of nitrogens with zero attached hydrogens (tertiary/aromatic N) is 1. The normalized spacial score (nSPS) is 29.2. The summed E-state index contributed by atoms with van der Waals surface area (Å²) in [5.74, 6) is -1.21. The highest BCUT2D eigenvalue weighted by Gasteiger charge is 2.56. The van der Waals surface area contributed by atoms with Crippen LogP contribution in [0.15, 0.2) is 23.2 Å². The van der Waals surface area contributed by atoms with Gasteiger partial charge in [-0.3, -0.25) is 9.59 Å². The second kappa shape index (κ2) is 3.82. The predicted molar refractivity (Wildman–Crippen MR) is 71.7 cm³/mol. The average molecular weight is 277 g/mol. The van der Waals surface area contributed by atoms with Crippen molar-refractivity contribution in [2.75, 3.05) is 5.32 Å². The molecule has 0 spiro atoms. The van der Waals surface area contributed by atoms with Crippen molar-refractivity contribution < 1.29 is 14.7 Å². The molecule has 2 aliphatic rings. The molecule has 19 heavy (non-hydrogen) atoms. The van der Waals surface area contributed by atoms with Crippen molar-refractivity contribution >= 4 is 34.4 Å². The third-order valence-corrected chi connectivity index (χ3v) is 4.35. The lowest BCUT2D eigenvalue weighted by Gasteiger charge is -2.25. The van der Waals surface area contributed by atoms with Crippen molar-refractivity contribution in [1.29, 1.82) is 0 Å². The third-order valence-electron chi connectivity index (χ3n) is 3.24. The molecule has 0 aliphatic carbocycles. The van der Waals surface area contributed by atoms with Gasteiger partial charge in [-0.2, -0.15) is 4.99 Å². The molecule has 2 heterocycles. The lowest BCUT2D eigenvalue weighted by molar-refractivity contribution is -0.138. The van der Waals surface area contributed by atoms with Gasteiger partial charge >= 0.3 is 0 Å². The van der Waals surface area contributed by atoms with Crippen molar-refractivity contribution in [3.05, 3.63) is 29.3 Å². The van der Waals surface area contributed by atoms with Crippen LogP contribution in [0.4, 0.5) is 5.69 Å². The summed E-state index contributed by atoms with van der Waals surface area (Å²) < 4.78 is 0. The molecule has 7 heteroatoms. The van der Waals surface area contributed by atoms with Crippen LogP contribution in [-0.4, -0.2) is 27.3 Å². The first kappa shape index (κ1) is 12.2. The number of hydrogen-bond donors (Lipinski definition) is 3. The first-order valence-corrected chi connectivity index (χ1v) is 6.50. The largest absolute Gasteiger partial charge is 0.378 e. The van der Waals surface area contributed by atoms with Gasteiger partial charge < -0.3 is 16.2 Å². The SMILES string of the molecule is Cc1ccc2c(c1)[C@@](O)([C@@H]1SC(N)=NC1=O)C(=O)N2. The molecule has 0 fully saturated rings. The molecule has 2 amide bonds. The van der Waals surface area contributed by atoms with E-state index in [1.165, 1.54) is 0 Å². The lowest BCUT2D eigenvalue weighted by atomic mass is 9.90. The van der Waals surface area contributed by atoms with Gasteiger partial charge in [0.1, 0.15) is 5.25 Å². The molecule has 0 unspecified atom stereocenters. The summed E-state index contributed by atoms with van der Waals surface area (Å²) in [7, 11) is 0. The van der Waals surface area contributed by atoms with Crippen molar-refractivity contribution in [3.8, 4) is 0 Å². The fourth-order valence-electron chi connectivity index (χ4n) is 2.31. The highest BCUT2D eigenvalue weighted by molar-refractivity contribution is 8.15. The summed E-state index contributed by atoms with van der Waals surface area (Å²) in [6.45, 7) is 1.85. The Hall–Kier alpha value is -1.86. The fraction of sp³-hybridized carbons (Fsp3) is 0.250. The monoisotopic (exact) mass is 277 g/mol. The lowest BCUT2D eigenvalue weighted by Crippen LogP contribution is -2.46. The summed E-state index contributed by atoms with van der Waals surface area (Å²) in [5, 5.41) is 12.4. The number of thioether (sulfide) groups is 1. The maximum atomic E-state index is 12.1. The summed E-state index contributed by atoms with van der Waals surface area (Å²) in [5.41, 5.74) is 5.36. The third kappa shape index (κ3) is 1.58. The van der Waals surface area contributed by atoms with E-state index in [4.69, 9.17) is 5.73 Å².